The van der Waals surface area contributed by atoms with Gasteiger partial charge in [0.25, 0.3) is 10.0 Å². The van der Waals surface area contributed by atoms with Gasteiger partial charge in [-0.05, 0) is 45.9 Å². The Kier molecular flexibility index (Phi) is 6.50. The Labute approximate surface area is 193 Å². The minimum absolute atomic E-state index is 0.00503. The average molecular weight is 511 g/mol. The number of rotatable bonds is 5. The summed E-state index contributed by atoms with van der Waals surface area (Å²) in [6.45, 7) is 5.19. The van der Waals surface area contributed by atoms with Crippen molar-refractivity contribution in [1.29, 1.82) is 0 Å². The molecule has 0 spiro atoms. The summed E-state index contributed by atoms with van der Waals surface area (Å²) in [6, 6.07) is 4.01. The van der Waals surface area contributed by atoms with E-state index in [2.05, 4.69) is 15.2 Å². The molecule has 1 aliphatic heterocycles. The zero-order chi connectivity index (χ0) is 24.8. The van der Waals surface area contributed by atoms with Crippen molar-refractivity contribution in [3.63, 3.8) is 0 Å². The number of sulfonamides is 1. The fourth-order valence-corrected chi connectivity index (χ4v) is 4.96. The maximum atomic E-state index is 13.4. The van der Waals surface area contributed by atoms with Crippen LogP contribution in [0.3, 0.4) is 0 Å². The van der Waals surface area contributed by atoms with Gasteiger partial charge in [-0.2, -0.15) is 18.3 Å². The van der Waals surface area contributed by atoms with Crippen molar-refractivity contribution in [2.45, 2.75) is 57.0 Å². The van der Waals surface area contributed by atoms with E-state index in [9.17, 15) is 26.4 Å². The fourth-order valence-electron chi connectivity index (χ4n) is 2.97. The monoisotopic (exact) mass is 510 g/mol. The molecular weight excluding hydrogens is 489 g/mol. The van der Waals surface area contributed by atoms with Crippen LogP contribution in [0.5, 0.6) is 5.75 Å². The van der Waals surface area contributed by atoms with Crippen LogP contribution in [0.15, 0.2) is 29.3 Å². The van der Waals surface area contributed by atoms with Crippen LogP contribution >= 0.6 is 11.6 Å². The fraction of sp³-hybridized carbons (Fsp3) is 0.474. The van der Waals surface area contributed by atoms with Crippen LogP contribution in [0, 0.1) is 0 Å². The van der Waals surface area contributed by atoms with Gasteiger partial charge in [0.1, 0.15) is 16.7 Å². The lowest BCUT2D eigenvalue weighted by molar-refractivity contribution is -0.242. The highest BCUT2D eigenvalue weighted by Gasteiger charge is 2.51. The molecule has 0 saturated carbocycles. The van der Waals surface area contributed by atoms with Gasteiger partial charge in [0.15, 0.2) is 5.15 Å². The van der Waals surface area contributed by atoms with E-state index in [1.54, 1.807) is 13.8 Å². The molecule has 14 heteroatoms. The van der Waals surface area contributed by atoms with E-state index in [0.717, 1.165) is 4.31 Å². The van der Waals surface area contributed by atoms with Gasteiger partial charge in [0, 0.05) is 18.4 Å². The van der Waals surface area contributed by atoms with Crippen molar-refractivity contribution in [2.24, 2.45) is 0 Å². The van der Waals surface area contributed by atoms with Crippen molar-refractivity contribution in [3.8, 4) is 5.75 Å². The molecule has 0 fully saturated rings. The molecule has 0 radical (unpaired) electrons. The minimum atomic E-state index is -4.78. The zero-order valence-corrected chi connectivity index (χ0v) is 19.7. The van der Waals surface area contributed by atoms with E-state index in [0.29, 0.717) is 20.4 Å². The second-order valence-corrected chi connectivity index (χ2v) is 10.00. The highest BCUT2D eigenvalue weighted by atomic mass is 35.5. The van der Waals surface area contributed by atoms with E-state index < -0.39 is 34.0 Å². The van der Waals surface area contributed by atoms with Gasteiger partial charge in [-0.15, -0.1) is 0 Å². The van der Waals surface area contributed by atoms with E-state index in [-0.39, 0.29) is 33.7 Å². The van der Waals surface area contributed by atoms with Crippen molar-refractivity contribution >= 4 is 39.1 Å². The number of halogens is 4. The summed E-state index contributed by atoms with van der Waals surface area (Å²) in [7, 11) is -4.18. The lowest BCUT2D eigenvalue weighted by atomic mass is 10.1. The molecule has 1 unspecified atom stereocenters. The van der Waals surface area contributed by atoms with Gasteiger partial charge in [0.05, 0.1) is 12.2 Å². The molecule has 182 valence electrons. The SMILES string of the molecule is CCn1cc(S(=O)(=O)N2CC(C)Oc3ccc(NC(=O)OC(C)(C)C(F)(F)F)cc32)c(Cl)n1. The first-order chi connectivity index (χ1) is 15.2. The summed E-state index contributed by atoms with van der Waals surface area (Å²) in [5.74, 6) is 0.200. The highest BCUT2D eigenvalue weighted by Crippen LogP contribution is 2.40. The van der Waals surface area contributed by atoms with Crippen LogP contribution in [-0.4, -0.2) is 48.7 Å². The number of hydrogen-bond donors (Lipinski definition) is 1. The first kappa shape index (κ1) is 25.0. The molecule has 9 nitrogen and oxygen atoms in total. The summed E-state index contributed by atoms with van der Waals surface area (Å²) >= 11 is 6.05. The largest absolute Gasteiger partial charge is 0.487 e. The number of aromatic nitrogens is 2. The number of amides is 1. The number of nitrogens with one attached hydrogen (secondary N) is 1. The van der Waals surface area contributed by atoms with Crippen LogP contribution in [0.1, 0.15) is 27.7 Å². The number of nitrogens with zero attached hydrogens (tertiary/aromatic N) is 3. The molecule has 2 aromatic rings. The molecule has 0 saturated heterocycles. The molecule has 1 aromatic heterocycles. The first-order valence-electron chi connectivity index (χ1n) is 9.79. The average Bonchev–Trinajstić information content (AvgIpc) is 3.08. The van der Waals surface area contributed by atoms with Crippen molar-refractivity contribution < 1.29 is 35.9 Å². The zero-order valence-electron chi connectivity index (χ0n) is 18.1. The summed E-state index contributed by atoms with van der Waals surface area (Å²) in [4.78, 5) is 11.8. The molecule has 3 rings (SSSR count). The maximum Gasteiger partial charge on any atom is 0.427 e. The van der Waals surface area contributed by atoms with Crippen LogP contribution < -0.4 is 14.4 Å². The van der Waals surface area contributed by atoms with Crippen LogP contribution in [0.4, 0.5) is 29.3 Å². The van der Waals surface area contributed by atoms with E-state index >= 15 is 0 Å². The Hall–Kier alpha value is -2.67. The predicted octanol–water partition coefficient (Wildman–Crippen LogP) is 4.42. The summed E-state index contributed by atoms with van der Waals surface area (Å²) < 4.78 is 78.3. The second-order valence-electron chi connectivity index (χ2n) is 7.81. The number of ether oxygens (including phenoxy) is 2. The highest BCUT2D eigenvalue weighted by molar-refractivity contribution is 7.93. The molecule has 33 heavy (non-hydrogen) atoms. The topological polar surface area (TPSA) is 103 Å². The Morgan fingerprint density at radius 3 is 2.61 bits per heavy atom. The third-order valence-electron chi connectivity index (χ3n) is 4.83. The van der Waals surface area contributed by atoms with Crippen LogP contribution in [0.25, 0.3) is 0 Å². The smallest absolute Gasteiger partial charge is 0.427 e. The van der Waals surface area contributed by atoms with Gasteiger partial charge >= 0.3 is 12.3 Å². The molecular formula is C19H22ClF3N4O5S. The molecule has 1 aromatic carbocycles. The number of fused-ring (bicyclic) bond motifs is 1. The van der Waals surface area contributed by atoms with Crippen LogP contribution in [0.2, 0.25) is 5.15 Å². The third kappa shape index (κ3) is 4.98. The summed E-state index contributed by atoms with van der Waals surface area (Å²) in [5, 5.41) is 5.94. The van der Waals surface area contributed by atoms with Gasteiger partial charge in [0.2, 0.25) is 5.60 Å². The third-order valence-corrected chi connectivity index (χ3v) is 7.01. The molecule has 1 aliphatic rings. The summed E-state index contributed by atoms with van der Waals surface area (Å²) in [6.07, 6.45) is -5.35. The van der Waals surface area contributed by atoms with Gasteiger partial charge in [-0.3, -0.25) is 14.3 Å². The standard InChI is InChI=1S/C19H22ClF3N4O5S/c1-5-26-10-15(16(20)25-26)33(29,30)27-9-11(2)31-14-7-6-12(8-13(14)27)24-17(28)32-18(3,4)19(21,22)23/h6-8,10-11H,5,9H2,1-4H3,(H,24,28). The van der Waals surface area contributed by atoms with Crippen LogP contribution in [-0.2, 0) is 21.3 Å². The van der Waals surface area contributed by atoms with Gasteiger partial charge in [-0.1, -0.05) is 11.6 Å². The maximum absolute atomic E-state index is 13.4. The first-order valence-corrected chi connectivity index (χ1v) is 11.6. The number of hydrogen-bond acceptors (Lipinski definition) is 6. The van der Waals surface area contributed by atoms with Crippen molar-refractivity contribution in [1.82, 2.24) is 9.78 Å². The Morgan fingerprint density at radius 2 is 2.03 bits per heavy atom. The van der Waals surface area contributed by atoms with Gasteiger partial charge < -0.3 is 9.47 Å². The molecule has 1 amide bonds. The predicted molar refractivity (Wildman–Crippen MR) is 114 cm³/mol. The van der Waals surface area contributed by atoms with Gasteiger partial charge in [-0.25, -0.2) is 13.2 Å². The lowest BCUT2D eigenvalue weighted by Crippen LogP contribution is -2.44. The normalized spacial score (nSPS) is 16.7. The minimum Gasteiger partial charge on any atom is -0.487 e. The Balaban J connectivity index is 1.94. The second kappa shape index (κ2) is 8.60. The number of benzene rings is 1. The molecule has 2 heterocycles. The number of anilines is 2. The Bertz CT molecular complexity index is 1170. The van der Waals surface area contributed by atoms with E-state index in [4.69, 9.17) is 16.3 Å². The van der Waals surface area contributed by atoms with E-state index in [1.165, 1.54) is 29.1 Å². The summed E-state index contributed by atoms with van der Waals surface area (Å²) in [5.41, 5.74) is -2.65. The number of aryl methyl sites for hydroxylation is 1. The number of alkyl halides is 3. The quantitative estimate of drug-likeness (QED) is 0.638. The lowest BCUT2D eigenvalue weighted by Gasteiger charge is -2.34. The van der Waals surface area contributed by atoms with E-state index in [1.807, 2.05) is 0 Å². The number of carbonyl (C=O) groups is 1. The molecule has 0 aliphatic carbocycles. The molecule has 0 bridgehead atoms. The van der Waals surface area contributed by atoms with Crippen molar-refractivity contribution in [2.75, 3.05) is 16.2 Å². The number of carbonyl (C=O) groups excluding carboxylic acids is 1. The molecule has 1 atom stereocenters. The Morgan fingerprint density at radius 1 is 1.36 bits per heavy atom. The molecule has 1 N–H and O–H groups in total. The van der Waals surface area contributed by atoms with Crippen molar-refractivity contribution in [3.05, 3.63) is 29.5 Å².